The highest BCUT2D eigenvalue weighted by atomic mass is 16.6. The summed E-state index contributed by atoms with van der Waals surface area (Å²) in [7, 11) is 0. The third-order valence-corrected chi connectivity index (χ3v) is 6.56. The Bertz CT molecular complexity index is 947. The molecule has 0 spiro atoms. The van der Waals surface area contributed by atoms with E-state index in [2.05, 4.69) is 41.1 Å². The summed E-state index contributed by atoms with van der Waals surface area (Å²) in [6.45, 7) is 7.52. The molecule has 2 aliphatic heterocycles. The predicted molar refractivity (Wildman–Crippen MR) is 121 cm³/mol. The summed E-state index contributed by atoms with van der Waals surface area (Å²) in [4.78, 5) is 28.9. The van der Waals surface area contributed by atoms with Crippen LogP contribution in [-0.4, -0.2) is 54.0 Å². The highest BCUT2D eigenvalue weighted by Gasteiger charge is 2.42. The molecule has 2 aliphatic rings. The monoisotopic (exact) mass is 422 g/mol. The Morgan fingerprint density at radius 2 is 1.97 bits per heavy atom. The molecule has 1 N–H and O–H groups in total. The van der Waals surface area contributed by atoms with Crippen molar-refractivity contribution in [2.75, 3.05) is 31.1 Å². The van der Waals surface area contributed by atoms with Gasteiger partial charge < -0.3 is 10.2 Å². The molecule has 2 aromatic rings. The van der Waals surface area contributed by atoms with Gasteiger partial charge in [0.25, 0.3) is 5.69 Å². The lowest BCUT2D eigenvalue weighted by Gasteiger charge is -2.50. The second kappa shape index (κ2) is 9.06. The van der Waals surface area contributed by atoms with E-state index in [1.165, 1.54) is 5.56 Å². The average Bonchev–Trinajstić information content (AvgIpc) is 2.78. The number of rotatable bonds is 6. The average molecular weight is 423 g/mol. The first kappa shape index (κ1) is 21.3. The van der Waals surface area contributed by atoms with Crippen LogP contribution in [0.5, 0.6) is 0 Å². The van der Waals surface area contributed by atoms with E-state index in [9.17, 15) is 14.9 Å². The molecular formula is C24H30N4O3. The van der Waals surface area contributed by atoms with Crippen molar-refractivity contribution in [3.63, 3.8) is 0 Å². The molecule has 7 nitrogen and oxygen atoms in total. The van der Waals surface area contributed by atoms with Crippen LogP contribution >= 0.6 is 0 Å². The Balaban J connectivity index is 1.54. The van der Waals surface area contributed by atoms with Gasteiger partial charge >= 0.3 is 0 Å². The molecule has 0 bridgehead atoms. The SMILES string of the molecule is CC(C)N1CCN2c3ccc([N+](=O)[O-])cc3C[C@H](C(=O)NCCc3ccccc3)[C@H]2C1. The lowest BCUT2D eigenvalue weighted by atomic mass is 9.83. The van der Waals surface area contributed by atoms with Crippen molar-refractivity contribution in [1.29, 1.82) is 0 Å². The minimum Gasteiger partial charge on any atom is -0.365 e. The summed E-state index contributed by atoms with van der Waals surface area (Å²) in [5.41, 5.74) is 3.21. The second-order valence-electron chi connectivity index (χ2n) is 8.76. The van der Waals surface area contributed by atoms with Crippen LogP contribution in [0.25, 0.3) is 0 Å². The quantitative estimate of drug-likeness (QED) is 0.572. The molecular weight excluding hydrogens is 392 g/mol. The van der Waals surface area contributed by atoms with E-state index in [4.69, 9.17) is 0 Å². The van der Waals surface area contributed by atoms with Crippen molar-refractivity contribution in [2.24, 2.45) is 5.92 Å². The van der Waals surface area contributed by atoms with Crippen molar-refractivity contribution in [1.82, 2.24) is 10.2 Å². The van der Waals surface area contributed by atoms with Crippen LogP contribution in [0.2, 0.25) is 0 Å². The third kappa shape index (κ3) is 4.56. The number of carbonyl (C=O) groups excluding carboxylic acids is 1. The number of fused-ring (bicyclic) bond motifs is 3. The van der Waals surface area contributed by atoms with Gasteiger partial charge in [-0.05, 0) is 43.9 Å². The van der Waals surface area contributed by atoms with E-state index in [-0.39, 0.29) is 28.5 Å². The van der Waals surface area contributed by atoms with E-state index in [0.29, 0.717) is 19.0 Å². The molecule has 2 aromatic carbocycles. The summed E-state index contributed by atoms with van der Waals surface area (Å²) in [6.07, 6.45) is 1.31. The summed E-state index contributed by atoms with van der Waals surface area (Å²) in [6, 6.07) is 15.7. The number of nitrogens with zero attached hydrogens (tertiary/aromatic N) is 3. The number of nitro benzene ring substituents is 1. The van der Waals surface area contributed by atoms with Crippen LogP contribution < -0.4 is 10.2 Å². The molecule has 2 heterocycles. The summed E-state index contributed by atoms with van der Waals surface area (Å²) < 4.78 is 0. The highest BCUT2D eigenvalue weighted by Crippen LogP contribution is 2.38. The highest BCUT2D eigenvalue weighted by molar-refractivity contribution is 5.82. The van der Waals surface area contributed by atoms with Crippen molar-refractivity contribution in [3.05, 3.63) is 69.8 Å². The van der Waals surface area contributed by atoms with Crippen LogP contribution in [0.1, 0.15) is 25.0 Å². The molecule has 31 heavy (non-hydrogen) atoms. The molecule has 7 heteroatoms. The number of hydrogen-bond donors (Lipinski definition) is 1. The van der Waals surface area contributed by atoms with Crippen LogP contribution in [-0.2, 0) is 17.6 Å². The molecule has 0 radical (unpaired) electrons. The van der Waals surface area contributed by atoms with Crippen molar-refractivity contribution in [3.8, 4) is 0 Å². The second-order valence-corrected chi connectivity index (χ2v) is 8.76. The first-order valence-corrected chi connectivity index (χ1v) is 11.0. The van der Waals surface area contributed by atoms with Crippen LogP contribution in [0.4, 0.5) is 11.4 Å². The van der Waals surface area contributed by atoms with Gasteiger partial charge in [-0.1, -0.05) is 30.3 Å². The maximum absolute atomic E-state index is 13.3. The van der Waals surface area contributed by atoms with Gasteiger partial charge in [0.05, 0.1) is 16.9 Å². The molecule has 1 saturated heterocycles. The zero-order chi connectivity index (χ0) is 22.0. The summed E-state index contributed by atoms with van der Waals surface area (Å²) in [5.74, 6) is -0.194. The number of carbonyl (C=O) groups is 1. The number of amides is 1. The maximum Gasteiger partial charge on any atom is 0.269 e. The number of hydrogen-bond acceptors (Lipinski definition) is 5. The minimum atomic E-state index is -0.363. The fraction of sp³-hybridized carbons (Fsp3) is 0.458. The zero-order valence-corrected chi connectivity index (χ0v) is 18.2. The van der Waals surface area contributed by atoms with Crippen LogP contribution in [0, 0.1) is 16.0 Å². The molecule has 0 aliphatic carbocycles. The van der Waals surface area contributed by atoms with Crippen molar-refractivity contribution < 1.29 is 9.72 Å². The number of piperazine rings is 1. The molecule has 1 amide bonds. The van der Waals surface area contributed by atoms with E-state index < -0.39 is 0 Å². The third-order valence-electron chi connectivity index (χ3n) is 6.56. The Morgan fingerprint density at radius 1 is 1.19 bits per heavy atom. The summed E-state index contributed by atoms with van der Waals surface area (Å²) >= 11 is 0. The smallest absolute Gasteiger partial charge is 0.269 e. The van der Waals surface area contributed by atoms with Gasteiger partial charge in [0.15, 0.2) is 0 Å². The summed E-state index contributed by atoms with van der Waals surface area (Å²) in [5, 5.41) is 14.4. The van der Waals surface area contributed by atoms with Gasteiger partial charge in [-0.15, -0.1) is 0 Å². The number of benzene rings is 2. The van der Waals surface area contributed by atoms with Gasteiger partial charge in [0.2, 0.25) is 5.91 Å². The Kier molecular flexibility index (Phi) is 6.23. The van der Waals surface area contributed by atoms with Gasteiger partial charge in [-0.3, -0.25) is 19.8 Å². The van der Waals surface area contributed by atoms with Crippen molar-refractivity contribution in [2.45, 2.75) is 38.8 Å². The molecule has 0 aromatic heterocycles. The van der Waals surface area contributed by atoms with E-state index in [1.54, 1.807) is 12.1 Å². The first-order valence-electron chi connectivity index (χ1n) is 11.0. The lowest BCUT2D eigenvalue weighted by molar-refractivity contribution is -0.384. The van der Waals surface area contributed by atoms with Crippen LogP contribution in [0.3, 0.4) is 0 Å². The molecule has 164 valence electrons. The Morgan fingerprint density at radius 3 is 2.68 bits per heavy atom. The first-order chi connectivity index (χ1) is 14.9. The van der Waals surface area contributed by atoms with Gasteiger partial charge in [0.1, 0.15) is 0 Å². The lowest BCUT2D eigenvalue weighted by Crippen LogP contribution is -2.62. The Labute approximate surface area is 183 Å². The van der Waals surface area contributed by atoms with Crippen molar-refractivity contribution >= 4 is 17.3 Å². The number of nitrogens with one attached hydrogen (secondary N) is 1. The Hall–Kier alpha value is -2.93. The molecule has 0 unspecified atom stereocenters. The normalized spacial score (nSPS) is 20.8. The maximum atomic E-state index is 13.3. The number of anilines is 1. The van der Waals surface area contributed by atoms with Gasteiger partial charge in [-0.25, -0.2) is 0 Å². The van der Waals surface area contributed by atoms with E-state index in [1.807, 2.05) is 24.3 Å². The fourth-order valence-electron chi connectivity index (χ4n) is 4.82. The number of non-ortho nitro benzene ring substituents is 1. The van der Waals surface area contributed by atoms with E-state index in [0.717, 1.165) is 37.3 Å². The minimum absolute atomic E-state index is 0.0358. The van der Waals surface area contributed by atoms with Gasteiger partial charge in [-0.2, -0.15) is 0 Å². The molecule has 1 fully saturated rings. The van der Waals surface area contributed by atoms with Gasteiger partial charge in [0, 0.05) is 50.0 Å². The van der Waals surface area contributed by atoms with Crippen LogP contribution in [0.15, 0.2) is 48.5 Å². The topological polar surface area (TPSA) is 78.7 Å². The standard InChI is InChI=1S/C24H30N4O3/c1-17(2)26-12-13-27-22-9-8-20(28(30)31)14-19(22)15-21(23(27)16-26)24(29)25-11-10-18-6-4-3-5-7-18/h3-9,14,17,21,23H,10-13,15-16H2,1-2H3,(H,25,29)/t21-,23+/m0/s1. The molecule has 4 rings (SSSR count). The molecule has 0 saturated carbocycles. The largest absolute Gasteiger partial charge is 0.365 e. The fourth-order valence-corrected chi connectivity index (χ4v) is 4.82. The van der Waals surface area contributed by atoms with E-state index >= 15 is 0 Å². The zero-order valence-electron chi connectivity index (χ0n) is 18.2. The number of nitro groups is 1. The molecule has 2 atom stereocenters. The predicted octanol–water partition coefficient (Wildman–Crippen LogP) is 3.03.